The molecule has 3 rings (SSSR count). The van der Waals surface area contributed by atoms with E-state index in [-0.39, 0.29) is 11.5 Å². The van der Waals surface area contributed by atoms with Crippen LogP contribution < -0.4 is 9.47 Å². The largest absolute Gasteiger partial charge is 0.496 e. The third kappa shape index (κ3) is 4.90. The zero-order valence-corrected chi connectivity index (χ0v) is 17.3. The van der Waals surface area contributed by atoms with Crippen LogP contribution in [0.1, 0.15) is 17.3 Å². The van der Waals surface area contributed by atoms with Gasteiger partial charge in [-0.3, -0.25) is 9.89 Å². The van der Waals surface area contributed by atoms with Gasteiger partial charge in [0.05, 0.1) is 23.9 Å². The molecular weight excluding hydrogens is 430 g/mol. The molecule has 1 heterocycles. The van der Waals surface area contributed by atoms with Crippen LogP contribution in [0.3, 0.4) is 0 Å². The summed E-state index contributed by atoms with van der Waals surface area (Å²) in [5, 5.41) is 7.61. The number of ketones is 1. The van der Waals surface area contributed by atoms with E-state index in [2.05, 4.69) is 31.1 Å². The molecule has 0 aliphatic carbocycles. The molecule has 0 saturated carbocycles. The summed E-state index contributed by atoms with van der Waals surface area (Å²) < 4.78 is 11.4. The first-order valence-corrected chi connectivity index (χ1v) is 10.0. The van der Waals surface area contributed by atoms with Crippen molar-refractivity contribution in [1.29, 1.82) is 0 Å². The van der Waals surface area contributed by atoms with Crippen molar-refractivity contribution < 1.29 is 14.3 Å². The number of nitrogens with one attached hydrogen (secondary N) is 1. The lowest BCUT2D eigenvalue weighted by Gasteiger charge is -2.05. The summed E-state index contributed by atoms with van der Waals surface area (Å²) in [6.07, 6.45) is 0. The van der Waals surface area contributed by atoms with Crippen LogP contribution in [0.5, 0.6) is 11.5 Å². The summed E-state index contributed by atoms with van der Waals surface area (Å²) in [7, 11) is 1.59. The monoisotopic (exact) mass is 447 g/mol. The van der Waals surface area contributed by atoms with E-state index < -0.39 is 0 Å². The molecule has 0 aliphatic heterocycles. The number of rotatable bonds is 8. The normalized spacial score (nSPS) is 10.6. The number of H-pyrrole nitrogens is 1. The van der Waals surface area contributed by atoms with Crippen LogP contribution in [-0.2, 0) is 0 Å². The van der Waals surface area contributed by atoms with Crippen molar-refractivity contribution in [3.8, 4) is 22.9 Å². The van der Waals surface area contributed by atoms with E-state index in [1.165, 1.54) is 11.8 Å². The number of hydrogen-bond donors (Lipinski definition) is 1. The van der Waals surface area contributed by atoms with Gasteiger partial charge in [-0.15, -0.1) is 5.10 Å². The van der Waals surface area contributed by atoms with E-state index in [9.17, 15) is 4.79 Å². The smallest absolute Gasteiger partial charge is 0.209 e. The molecule has 8 heteroatoms. The number of aromatic amines is 1. The first-order valence-electron chi connectivity index (χ1n) is 8.26. The van der Waals surface area contributed by atoms with Gasteiger partial charge in [-0.1, -0.05) is 11.8 Å². The van der Waals surface area contributed by atoms with Gasteiger partial charge >= 0.3 is 0 Å². The zero-order chi connectivity index (χ0) is 19.2. The maximum Gasteiger partial charge on any atom is 0.209 e. The zero-order valence-electron chi connectivity index (χ0n) is 14.9. The van der Waals surface area contributed by atoms with Gasteiger partial charge < -0.3 is 9.47 Å². The van der Waals surface area contributed by atoms with Crippen molar-refractivity contribution in [2.24, 2.45) is 0 Å². The van der Waals surface area contributed by atoms with Gasteiger partial charge in [-0.25, -0.2) is 4.98 Å². The Bertz CT molecular complexity index is 928. The van der Waals surface area contributed by atoms with Crippen LogP contribution in [-0.4, -0.2) is 40.4 Å². The Morgan fingerprint density at radius 2 is 2.00 bits per heavy atom. The highest BCUT2D eigenvalue weighted by molar-refractivity contribution is 9.10. The highest BCUT2D eigenvalue weighted by Gasteiger charge is 2.12. The highest BCUT2D eigenvalue weighted by Crippen LogP contribution is 2.27. The fourth-order valence-electron chi connectivity index (χ4n) is 2.37. The Labute approximate surface area is 169 Å². The third-order valence-corrected chi connectivity index (χ3v) is 5.18. The second-order valence-corrected chi connectivity index (χ2v) is 7.28. The summed E-state index contributed by atoms with van der Waals surface area (Å²) in [5.41, 5.74) is 1.51. The standard InChI is InChI=1S/C19H18BrN3O3S/c1-3-26-14-7-4-12(5-8-14)18-21-19(23-22-18)27-11-16(24)13-6-9-17(25-2)15(20)10-13/h4-10H,3,11H2,1-2H3,(H,21,22,23). The lowest BCUT2D eigenvalue weighted by Crippen LogP contribution is -2.03. The van der Waals surface area contributed by atoms with Gasteiger partial charge in [0, 0.05) is 11.1 Å². The fourth-order valence-corrected chi connectivity index (χ4v) is 3.60. The van der Waals surface area contributed by atoms with Crippen molar-refractivity contribution in [2.45, 2.75) is 12.1 Å². The average molecular weight is 448 g/mol. The first kappa shape index (κ1) is 19.4. The number of ether oxygens (including phenoxy) is 2. The average Bonchev–Trinajstić information content (AvgIpc) is 3.16. The van der Waals surface area contributed by atoms with Gasteiger partial charge in [-0.05, 0) is 65.3 Å². The van der Waals surface area contributed by atoms with Crippen molar-refractivity contribution in [3.63, 3.8) is 0 Å². The van der Waals surface area contributed by atoms with Gasteiger partial charge in [0.2, 0.25) is 5.16 Å². The van der Waals surface area contributed by atoms with E-state index in [0.29, 0.717) is 28.9 Å². The first-order chi connectivity index (χ1) is 13.1. The number of methoxy groups -OCH3 is 1. The molecule has 0 atom stereocenters. The third-order valence-electron chi connectivity index (χ3n) is 3.71. The number of hydrogen-bond acceptors (Lipinski definition) is 6. The number of halogens is 1. The molecule has 1 N–H and O–H groups in total. The van der Waals surface area contributed by atoms with E-state index in [4.69, 9.17) is 9.47 Å². The van der Waals surface area contributed by atoms with Crippen LogP contribution in [0.15, 0.2) is 52.1 Å². The Balaban J connectivity index is 1.62. The van der Waals surface area contributed by atoms with Crippen LogP contribution in [0, 0.1) is 0 Å². The minimum atomic E-state index is -0.00392. The Kier molecular flexibility index (Phi) is 6.52. The molecule has 0 aliphatic rings. The number of carbonyl (C=O) groups excluding carboxylic acids is 1. The second-order valence-electron chi connectivity index (χ2n) is 5.49. The summed E-state index contributed by atoms with van der Waals surface area (Å²) in [6.45, 7) is 2.57. The molecule has 140 valence electrons. The number of thioether (sulfide) groups is 1. The second kappa shape index (κ2) is 9.05. The number of Topliss-reactive ketones (excluding diaryl/α,β-unsaturated/α-hetero) is 1. The van der Waals surface area contributed by atoms with E-state index in [0.717, 1.165) is 15.8 Å². The summed E-state index contributed by atoms with van der Waals surface area (Å²) in [4.78, 5) is 16.8. The SMILES string of the molecule is CCOc1ccc(-c2nc(SCC(=O)c3ccc(OC)c(Br)c3)n[nH]2)cc1. The molecule has 0 saturated heterocycles. The van der Waals surface area contributed by atoms with Crippen LogP contribution >= 0.6 is 27.7 Å². The predicted octanol–water partition coefficient (Wildman–Crippen LogP) is 4.62. The molecule has 27 heavy (non-hydrogen) atoms. The van der Waals surface area contributed by atoms with Crippen LogP contribution in [0.25, 0.3) is 11.4 Å². The quantitative estimate of drug-likeness (QED) is 0.401. The van der Waals surface area contributed by atoms with Crippen LogP contribution in [0.2, 0.25) is 0 Å². The van der Waals surface area contributed by atoms with Crippen LogP contribution in [0.4, 0.5) is 0 Å². The van der Waals surface area contributed by atoms with Crippen molar-refractivity contribution >= 4 is 33.5 Å². The van der Waals surface area contributed by atoms with E-state index >= 15 is 0 Å². The molecule has 0 bridgehead atoms. The number of benzene rings is 2. The number of nitrogens with zero attached hydrogens (tertiary/aromatic N) is 2. The van der Waals surface area contributed by atoms with Gasteiger partial charge in [0.15, 0.2) is 11.6 Å². The van der Waals surface area contributed by atoms with E-state index in [1.807, 2.05) is 31.2 Å². The van der Waals surface area contributed by atoms with Crippen molar-refractivity contribution in [2.75, 3.05) is 19.5 Å². The summed E-state index contributed by atoms with van der Waals surface area (Å²) in [5.74, 6) is 2.40. The molecule has 0 amide bonds. The topological polar surface area (TPSA) is 77.1 Å². The summed E-state index contributed by atoms with van der Waals surface area (Å²) in [6, 6.07) is 12.9. The molecule has 0 spiro atoms. The van der Waals surface area contributed by atoms with Gasteiger partial charge in [-0.2, -0.15) is 0 Å². The Hall–Kier alpha value is -2.32. The minimum absolute atomic E-state index is 0.00392. The van der Waals surface area contributed by atoms with Gasteiger partial charge in [0.25, 0.3) is 0 Å². The Morgan fingerprint density at radius 3 is 2.67 bits per heavy atom. The molecule has 2 aromatic carbocycles. The molecule has 6 nitrogen and oxygen atoms in total. The lowest BCUT2D eigenvalue weighted by atomic mass is 10.1. The van der Waals surface area contributed by atoms with Gasteiger partial charge in [0.1, 0.15) is 11.5 Å². The fraction of sp³-hybridized carbons (Fsp3) is 0.211. The molecule has 0 radical (unpaired) electrons. The lowest BCUT2D eigenvalue weighted by molar-refractivity contribution is 0.102. The molecular formula is C19H18BrN3O3S. The minimum Gasteiger partial charge on any atom is -0.496 e. The maximum absolute atomic E-state index is 12.4. The summed E-state index contributed by atoms with van der Waals surface area (Å²) >= 11 is 4.68. The predicted molar refractivity (Wildman–Crippen MR) is 109 cm³/mol. The van der Waals surface area contributed by atoms with E-state index in [1.54, 1.807) is 25.3 Å². The molecule has 0 unspecified atom stereocenters. The Morgan fingerprint density at radius 1 is 1.22 bits per heavy atom. The maximum atomic E-state index is 12.4. The highest BCUT2D eigenvalue weighted by atomic mass is 79.9. The molecule has 0 fully saturated rings. The molecule has 1 aromatic heterocycles. The molecule has 3 aromatic rings. The van der Waals surface area contributed by atoms with Crippen molar-refractivity contribution in [1.82, 2.24) is 15.2 Å². The number of aromatic nitrogens is 3. The van der Waals surface area contributed by atoms with Crippen molar-refractivity contribution in [3.05, 3.63) is 52.5 Å². The number of carbonyl (C=O) groups is 1.